The van der Waals surface area contributed by atoms with Crippen LogP contribution in [0.25, 0.3) is 0 Å². The lowest BCUT2D eigenvalue weighted by Gasteiger charge is -2.46. The van der Waals surface area contributed by atoms with Crippen molar-refractivity contribution in [2.75, 3.05) is 18.0 Å². The molecule has 0 unspecified atom stereocenters. The van der Waals surface area contributed by atoms with Crippen molar-refractivity contribution in [2.24, 2.45) is 0 Å². The second-order valence-electron chi connectivity index (χ2n) is 8.65. The summed E-state index contributed by atoms with van der Waals surface area (Å²) in [5, 5.41) is 4.71. The first-order chi connectivity index (χ1) is 15.8. The van der Waals surface area contributed by atoms with Crippen LogP contribution in [0.1, 0.15) is 30.5 Å². The van der Waals surface area contributed by atoms with Crippen molar-refractivity contribution < 1.29 is 17.6 Å². The van der Waals surface area contributed by atoms with Crippen molar-refractivity contribution >= 4 is 21.7 Å². The SMILES string of the molecule is Cc1cc2n(n1)C1(CCN(S(=O)(=O)c3ccc(F)cc3)CC1)CC(=O)N2Cc1ccncc1. The van der Waals surface area contributed by atoms with E-state index < -0.39 is 21.4 Å². The molecule has 5 rings (SSSR count). The Morgan fingerprint density at radius 1 is 1.06 bits per heavy atom. The van der Waals surface area contributed by atoms with Gasteiger partial charge in [0.2, 0.25) is 15.9 Å². The molecule has 33 heavy (non-hydrogen) atoms. The zero-order valence-electron chi connectivity index (χ0n) is 18.2. The smallest absolute Gasteiger partial charge is 0.243 e. The number of carbonyl (C=O) groups is 1. The summed E-state index contributed by atoms with van der Waals surface area (Å²) in [4.78, 5) is 19.1. The number of hydrogen-bond acceptors (Lipinski definition) is 5. The third kappa shape index (κ3) is 3.83. The van der Waals surface area contributed by atoms with Crippen LogP contribution in [0, 0.1) is 12.7 Å². The number of aryl methyl sites for hydroxylation is 1. The van der Waals surface area contributed by atoms with E-state index in [1.807, 2.05) is 29.8 Å². The van der Waals surface area contributed by atoms with Gasteiger partial charge in [0.25, 0.3) is 0 Å². The third-order valence-corrected chi connectivity index (χ3v) is 8.43. The number of carbonyl (C=O) groups excluding carboxylic acids is 1. The minimum atomic E-state index is -3.74. The van der Waals surface area contributed by atoms with Crippen LogP contribution in [0.15, 0.2) is 59.8 Å². The van der Waals surface area contributed by atoms with Gasteiger partial charge in [-0.05, 0) is 61.7 Å². The number of sulfonamides is 1. The molecule has 172 valence electrons. The molecule has 1 saturated heterocycles. The van der Waals surface area contributed by atoms with E-state index in [4.69, 9.17) is 5.10 Å². The normalized spacial score (nSPS) is 18.5. The fraction of sp³-hybridized carbons (Fsp3) is 0.348. The fourth-order valence-electron chi connectivity index (χ4n) is 4.73. The predicted molar refractivity (Wildman–Crippen MR) is 119 cm³/mol. The highest BCUT2D eigenvalue weighted by molar-refractivity contribution is 7.89. The first-order valence-electron chi connectivity index (χ1n) is 10.8. The maximum Gasteiger partial charge on any atom is 0.243 e. The molecule has 1 aromatic carbocycles. The van der Waals surface area contributed by atoms with E-state index >= 15 is 0 Å². The number of anilines is 1. The van der Waals surface area contributed by atoms with Crippen molar-refractivity contribution in [3.05, 3.63) is 71.9 Å². The maximum absolute atomic E-state index is 13.3. The van der Waals surface area contributed by atoms with E-state index in [0.717, 1.165) is 29.2 Å². The molecule has 0 bridgehead atoms. The van der Waals surface area contributed by atoms with Gasteiger partial charge in [0, 0.05) is 31.5 Å². The number of benzene rings is 1. The van der Waals surface area contributed by atoms with Crippen LogP contribution in [0.3, 0.4) is 0 Å². The lowest BCUT2D eigenvalue weighted by Crippen LogP contribution is -2.54. The monoisotopic (exact) mass is 469 g/mol. The summed E-state index contributed by atoms with van der Waals surface area (Å²) in [6.07, 6.45) is 4.60. The number of piperidine rings is 1. The van der Waals surface area contributed by atoms with E-state index in [0.29, 0.717) is 19.4 Å². The molecule has 10 heteroatoms. The molecule has 1 amide bonds. The van der Waals surface area contributed by atoms with Gasteiger partial charge in [-0.1, -0.05) is 0 Å². The first kappa shape index (κ1) is 21.7. The highest BCUT2D eigenvalue weighted by Gasteiger charge is 2.47. The molecule has 0 atom stereocenters. The number of amides is 1. The molecule has 0 saturated carbocycles. The van der Waals surface area contributed by atoms with E-state index in [1.165, 1.54) is 16.4 Å². The third-order valence-electron chi connectivity index (χ3n) is 6.51. The number of nitrogens with zero attached hydrogens (tertiary/aromatic N) is 5. The minimum Gasteiger partial charge on any atom is -0.292 e. The number of rotatable bonds is 4. The standard InChI is InChI=1S/C23H24FN5O3S/c1-17-14-21-28(16-18-6-10-25-11-7-18)22(30)15-23(29(21)26-17)8-12-27(13-9-23)33(31,32)20-4-2-19(24)3-5-20/h2-7,10-11,14H,8-9,12-13,15-16H2,1H3. The Morgan fingerprint density at radius 3 is 2.39 bits per heavy atom. The Labute approximate surface area is 191 Å². The molecule has 0 N–H and O–H groups in total. The van der Waals surface area contributed by atoms with Crippen LogP contribution in [0.4, 0.5) is 10.2 Å². The minimum absolute atomic E-state index is 0.00551. The Hall–Kier alpha value is -3.11. The van der Waals surface area contributed by atoms with E-state index in [9.17, 15) is 17.6 Å². The quantitative estimate of drug-likeness (QED) is 0.586. The zero-order valence-corrected chi connectivity index (χ0v) is 19.0. The fourth-order valence-corrected chi connectivity index (χ4v) is 6.18. The van der Waals surface area contributed by atoms with Gasteiger partial charge in [0.05, 0.1) is 29.1 Å². The summed E-state index contributed by atoms with van der Waals surface area (Å²) in [6, 6.07) is 10.5. The van der Waals surface area contributed by atoms with Crippen LogP contribution >= 0.6 is 0 Å². The van der Waals surface area contributed by atoms with E-state index in [-0.39, 0.29) is 30.3 Å². The van der Waals surface area contributed by atoms with Gasteiger partial charge in [-0.25, -0.2) is 17.5 Å². The van der Waals surface area contributed by atoms with Gasteiger partial charge in [0.15, 0.2) is 0 Å². The Morgan fingerprint density at radius 2 is 1.73 bits per heavy atom. The van der Waals surface area contributed by atoms with Crippen molar-refractivity contribution in [1.82, 2.24) is 19.1 Å². The first-order valence-corrected chi connectivity index (χ1v) is 12.2. The molecular weight excluding hydrogens is 445 g/mol. The highest BCUT2D eigenvalue weighted by Crippen LogP contribution is 2.42. The van der Waals surface area contributed by atoms with Crippen molar-refractivity contribution in [2.45, 2.75) is 43.2 Å². The van der Waals surface area contributed by atoms with Crippen molar-refractivity contribution in [3.63, 3.8) is 0 Å². The van der Waals surface area contributed by atoms with Crippen LogP contribution in [0.5, 0.6) is 0 Å². The lowest BCUT2D eigenvalue weighted by atomic mass is 9.83. The van der Waals surface area contributed by atoms with Gasteiger partial charge < -0.3 is 0 Å². The van der Waals surface area contributed by atoms with Gasteiger partial charge in [0.1, 0.15) is 11.6 Å². The van der Waals surface area contributed by atoms with E-state index in [1.54, 1.807) is 17.3 Å². The average molecular weight is 470 g/mol. The Balaban J connectivity index is 1.41. The summed E-state index contributed by atoms with van der Waals surface area (Å²) >= 11 is 0. The molecule has 2 aliphatic rings. The maximum atomic E-state index is 13.3. The summed E-state index contributed by atoms with van der Waals surface area (Å²) < 4.78 is 42.7. The van der Waals surface area contributed by atoms with Crippen LogP contribution in [-0.2, 0) is 26.9 Å². The number of fused-ring (bicyclic) bond motifs is 2. The number of hydrogen-bond donors (Lipinski definition) is 0. The molecule has 1 fully saturated rings. The van der Waals surface area contributed by atoms with Crippen LogP contribution in [-0.4, -0.2) is 46.5 Å². The second kappa shape index (κ2) is 8.03. The summed E-state index contributed by atoms with van der Waals surface area (Å²) in [5.41, 5.74) is 1.21. The average Bonchev–Trinajstić information content (AvgIpc) is 3.20. The molecular formula is C23H24FN5O3S. The number of aromatic nitrogens is 3. The van der Waals surface area contributed by atoms with Crippen molar-refractivity contribution in [3.8, 4) is 0 Å². The molecule has 2 aromatic heterocycles. The molecule has 2 aliphatic heterocycles. The number of pyridine rings is 1. The molecule has 4 heterocycles. The van der Waals surface area contributed by atoms with Crippen LogP contribution in [0.2, 0.25) is 0 Å². The second-order valence-corrected chi connectivity index (χ2v) is 10.6. The molecule has 0 aliphatic carbocycles. The van der Waals surface area contributed by atoms with Gasteiger partial charge >= 0.3 is 0 Å². The summed E-state index contributed by atoms with van der Waals surface area (Å²) in [5.74, 6) is 0.245. The topological polar surface area (TPSA) is 88.4 Å². The van der Waals surface area contributed by atoms with Gasteiger partial charge in [-0.2, -0.15) is 9.40 Å². The highest BCUT2D eigenvalue weighted by atomic mass is 32.2. The number of halogens is 1. The lowest BCUT2D eigenvalue weighted by molar-refractivity contribution is -0.122. The zero-order chi connectivity index (χ0) is 23.2. The molecule has 0 radical (unpaired) electrons. The van der Waals surface area contributed by atoms with Crippen molar-refractivity contribution in [1.29, 1.82) is 0 Å². The Bertz CT molecular complexity index is 1280. The predicted octanol–water partition coefficient (Wildman–Crippen LogP) is 2.84. The molecule has 3 aromatic rings. The van der Waals surface area contributed by atoms with Gasteiger partial charge in [-0.3, -0.25) is 14.7 Å². The largest absolute Gasteiger partial charge is 0.292 e. The van der Waals surface area contributed by atoms with E-state index in [2.05, 4.69) is 4.98 Å². The Kier molecular flexibility index (Phi) is 5.29. The summed E-state index contributed by atoms with van der Waals surface area (Å²) in [7, 11) is -3.74. The summed E-state index contributed by atoms with van der Waals surface area (Å²) in [6.45, 7) is 2.83. The molecule has 8 nitrogen and oxygen atoms in total. The van der Waals surface area contributed by atoms with Crippen LogP contribution < -0.4 is 4.90 Å². The molecule has 1 spiro atoms. The van der Waals surface area contributed by atoms with Gasteiger partial charge in [-0.15, -0.1) is 0 Å².